The SMILES string of the molecule is CC(=O)N1C(C(=O)O)CSC1c1ccoc1. The Morgan fingerprint density at radius 3 is 2.88 bits per heavy atom. The van der Waals surface area contributed by atoms with Crippen molar-refractivity contribution >= 4 is 23.6 Å². The fourth-order valence-corrected chi connectivity index (χ4v) is 3.20. The summed E-state index contributed by atoms with van der Waals surface area (Å²) in [7, 11) is 0. The first kappa shape index (κ1) is 11.1. The normalized spacial score (nSPS) is 24.7. The number of carbonyl (C=O) groups excluding carboxylic acids is 1. The molecule has 0 saturated carbocycles. The van der Waals surface area contributed by atoms with Gasteiger partial charge in [0.1, 0.15) is 11.4 Å². The summed E-state index contributed by atoms with van der Waals surface area (Å²) >= 11 is 1.44. The average Bonchev–Trinajstić information content (AvgIpc) is 2.85. The molecule has 0 radical (unpaired) electrons. The quantitative estimate of drug-likeness (QED) is 0.845. The van der Waals surface area contributed by atoms with E-state index in [-0.39, 0.29) is 11.3 Å². The number of thioether (sulfide) groups is 1. The van der Waals surface area contributed by atoms with Gasteiger partial charge in [0, 0.05) is 18.2 Å². The minimum absolute atomic E-state index is 0.233. The van der Waals surface area contributed by atoms with E-state index < -0.39 is 12.0 Å². The lowest BCUT2D eigenvalue weighted by Crippen LogP contribution is -2.41. The summed E-state index contributed by atoms with van der Waals surface area (Å²) in [5, 5.41) is 8.76. The molecule has 0 spiro atoms. The van der Waals surface area contributed by atoms with E-state index >= 15 is 0 Å². The monoisotopic (exact) mass is 241 g/mol. The van der Waals surface area contributed by atoms with Gasteiger partial charge in [-0.25, -0.2) is 4.79 Å². The van der Waals surface area contributed by atoms with Crippen molar-refractivity contribution in [2.24, 2.45) is 0 Å². The maximum atomic E-state index is 11.5. The molecule has 2 rings (SSSR count). The van der Waals surface area contributed by atoms with Crippen LogP contribution >= 0.6 is 11.8 Å². The molecule has 1 saturated heterocycles. The van der Waals surface area contributed by atoms with Gasteiger partial charge in [-0.1, -0.05) is 0 Å². The van der Waals surface area contributed by atoms with Gasteiger partial charge in [-0.3, -0.25) is 4.79 Å². The fourth-order valence-electron chi connectivity index (χ4n) is 1.75. The Hall–Kier alpha value is -1.43. The van der Waals surface area contributed by atoms with Gasteiger partial charge in [0.15, 0.2) is 0 Å². The summed E-state index contributed by atoms with van der Waals surface area (Å²) in [5.74, 6) is -0.789. The number of aliphatic carboxylic acids is 1. The average molecular weight is 241 g/mol. The molecule has 0 bridgehead atoms. The highest BCUT2D eigenvalue weighted by Gasteiger charge is 2.41. The van der Waals surface area contributed by atoms with Crippen molar-refractivity contribution in [1.29, 1.82) is 0 Å². The van der Waals surface area contributed by atoms with E-state index in [0.29, 0.717) is 5.75 Å². The van der Waals surface area contributed by atoms with Crippen molar-refractivity contribution in [3.05, 3.63) is 24.2 Å². The summed E-state index contributed by atoms with van der Waals surface area (Å²) in [5.41, 5.74) is 0.823. The molecule has 2 unspecified atom stereocenters. The zero-order valence-corrected chi connectivity index (χ0v) is 9.44. The van der Waals surface area contributed by atoms with Crippen LogP contribution in [0.3, 0.4) is 0 Å². The second-order valence-electron chi connectivity index (χ2n) is 3.52. The van der Waals surface area contributed by atoms with Crippen LogP contribution in [0.5, 0.6) is 0 Å². The highest BCUT2D eigenvalue weighted by atomic mass is 32.2. The second kappa shape index (κ2) is 4.21. The molecule has 1 aromatic rings. The van der Waals surface area contributed by atoms with Crippen molar-refractivity contribution < 1.29 is 19.1 Å². The summed E-state index contributed by atoms with van der Waals surface area (Å²) < 4.78 is 4.95. The summed E-state index contributed by atoms with van der Waals surface area (Å²) in [6, 6.07) is 1.00. The minimum atomic E-state index is -0.964. The van der Waals surface area contributed by atoms with Crippen LogP contribution in [0.2, 0.25) is 0 Å². The Morgan fingerprint density at radius 1 is 1.62 bits per heavy atom. The number of hydrogen-bond acceptors (Lipinski definition) is 4. The third-order valence-corrected chi connectivity index (χ3v) is 3.80. The summed E-state index contributed by atoms with van der Waals surface area (Å²) in [4.78, 5) is 23.9. The molecule has 1 N–H and O–H groups in total. The largest absolute Gasteiger partial charge is 0.480 e. The van der Waals surface area contributed by atoms with Crippen molar-refractivity contribution in [2.45, 2.75) is 18.3 Å². The molecule has 1 aliphatic rings. The maximum absolute atomic E-state index is 11.5. The molecular formula is C10H11NO4S. The van der Waals surface area contributed by atoms with Crippen LogP contribution in [0.4, 0.5) is 0 Å². The Kier molecular flexibility index (Phi) is 2.91. The van der Waals surface area contributed by atoms with Crippen LogP contribution < -0.4 is 0 Å². The number of nitrogens with zero attached hydrogens (tertiary/aromatic N) is 1. The number of amides is 1. The molecule has 0 aromatic carbocycles. The predicted molar refractivity (Wildman–Crippen MR) is 57.9 cm³/mol. The number of rotatable bonds is 2. The number of furan rings is 1. The van der Waals surface area contributed by atoms with Gasteiger partial charge < -0.3 is 14.4 Å². The van der Waals surface area contributed by atoms with E-state index in [1.54, 1.807) is 6.07 Å². The Balaban J connectivity index is 2.28. The zero-order chi connectivity index (χ0) is 11.7. The molecule has 1 aliphatic heterocycles. The number of carbonyl (C=O) groups is 2. The number of carboxylic acid groups (broad SMARTS) is 1. The van der Waals surface area contributed by atoms with E-state index in [0.717, 1.165) is 5.56 Å². The second-order valence-corrected chi connectivity index (χ2v) is 4.64. The molecule has 86 valence electrons. The van der Waals surface area contributed by atoms with E-state index in [9.17, 15) is 9.59 Å². The van der Waals surface area contributed by atoms with Crippen molar-refractivity contribution in [3.63, 3.8) is 0 Å². The molecule has 0 aliphatic carbocycles. The lowest BCUT2D eigenvalue weighted by molar-refractivity contribution is -0.148. The zero-order valence-electron chi connectivity index (χ0n) is 8.62. The first-order chi connectivity index (χ1) is 7.61. The van der Waals surface area contributed by atoms with E-state index in [2.05, 4.69) is 0 Å². The van der Waals surface area contributed by atoms with Gasteiger partial charge in [0.25, 0.3) is 0 Å². The highest BCUT2D eigenvalue weighted by molar-refractivity contribution is 7.99. The third kappa shape index (κ3) is 1.80. The van der Waals surface area contributed by atoms with Gasteiger partial charge in [-0.2, -0.15) is 0 Å². The van der Waals surface area contributed by atoms with Crippen LogP contribution in [0.15, 0.2) is 23.0 Å². The molecule has 16 heavy (non-hydrogen) atoms. The minimum Gasteiger partial charge on any atom is -0.480 e. The topological polar surface area (TPSA) is 70.8 Å². The van der Waals surface area contributed by atoms with Crippen LogP contribution in [-0.2, 0) is 9.59 Å². The molecule has 2 atom stereocenters. The first-order valence-corrected chi connectivity index (χ1v) is 5.81. The van der Waals surface area contributed by atoms with Gasteiger partial charge >= 0.3 is 5.97 Å². The molecule has 1 amide bonds. The molecular weight excluding hydrogens is 230 g/mol. The first-order valence-electron chi connectivity index (χ1n) is 4.76. The molecule has 2 heterocycles. The summed E-state index contributed by atoms with van der Waals surface area (Å²) in [6.45, 7) is 1.38. The lowest BCUT2D eigenvalue weighted by Gasteiger charge is -2.25. The van der Waals surface area contributed by atoms with Crippen LogP contribution in [0, 0.1) is 0 Å². The van der Waals surface area contributed by atoms with Gasteiger partial charge in [-0.15, -0.1) is 11.8 Å². The third-order valence-electron chi connectivity index (χ3n) is 2.48. The van der Waals surface area contributed by atoms with Gasteiger partial charge in [0.05, 0.1) is 12.5 Å². The Morgan fingerprint density at radius 2 is 2.38 bits per heavy atom. The maximum Gasteiger partial charge on any atom is 0.327 e. The Labute approximate surface area is 96.4 Å². The predicted octanol–water partition coefficient (Wildman–Crippen LogP) is 1.33. The van der Waals surface area contributed by atoms with Crippen molar-refractivity contribution in [3.8, 4) is 0 Å². The van der Waals surface area contributed by atoms with Gasteiger partial charge in [-0.05, 0) is 6.07 Å². The smallest absolute Gasteiger partial charge is 0.327 e. The molecule has 1 aromatic heterocycles. The van der Waals surface area contributed by atoms with Crippen LogP contribution in [0.1, 0.15) is 17.9 Å². The highest BCUT2D eigenvalue weighted by Crippen LogP contribution is 2.41. The van der Waals surface area contributed by atoms with E-state index in [1.807, 2.05) is 0 Å². The standard InChI is InChI=1S/C10H11NO4S/c1-6(12)11-8(10(13)14)5-16-9(11)7-2-3-15-4-7/h2-4,8-9H,5H2,1H3,(H,13,14). The number of carboxylic acids is 1. The molecule has 5 nitrogen and oxygen atoms in total. The number of hydrogen-bond donors (Lipinski definition) is 1. The van der Waals surface area contributed by atoms with Gasteiger partial charge in [0.2, 0.25) is 5.91 Å². The van der Waals surface area contributed by atoms with Crippen LogP contribution in [-0.4, -0.2) is 33.7 Å². The molecule has 6 heteroatoms. The Bertz CT molecular complexity index is 403. The van der Waals surface area contributed by atoms with Crippen molar-refractivity contribution in [1.82, 2.24) is 4.90 Å². The van der Waals surface area contributed by atoms with Crippen LogP contribution in [0.25, 0.3) is 0 Å². The van der Waals surface area contributed by atoms with E-state index in [4.69, 9.17) is 9.52 Å². The van der Waals surface area contributed by atoms with Crippen molar-refractivity contribution in [2.75, 3.05) is 5.75 Å². The molecule has 1 fully saturated rings. The fraction of sp³-hybridized carbons (Fsp3) is 0.400. The lowest BCUT2D eigenvalue weighted by atomic mass is 10.2. The van der Waals surface area contributed by atoms with E-state index in [1.165, 1.54) is 36.1 Å². The summed E-state index contributed by atoms with van der Waals surface area (Å²) in [6.07, 6.45) is 3.06.